The van der Waals surface area contributed by atoms with E-state index >= 15 is 0 Å². The largest absolute Gasteiger partial charge is 0.508 e. The lowest BCUT2D eigenvalue weighted by atomic mass is 9.97. The van der Waals surface area contributed by atoms with Crippen LogP contribution >= 0.6 is 0 Å². The van der Waals surface area contributed by atoms with Crippen molar-refractivity contribution in [2.24, 2.45) is 0 Å². The molecule has 0 aliphatic rings. The van der Waals surface area contributed by atoms with Crippen molar-refractivity contribution in [1.29, 1.82) is 5.26 Å². The molecule has 0 spiro atoms. The molecular formula is C30H40N4O6. The molecule has 0 fully saturated rings. The number of nitrogens with zero attached hydrogens (tertiary/aromatic N) is 2. The van der Waals surface area contributed by atoms with Gasteiger partial charge in [-0.05, 0) is 64.3 Å². The van der Waals surface area contributed by atoms with E-state index in [-0.39, 0.29) is 29.5 Å². The van der Waals surface area contributed by atoms with Crippen LogP contribution in [0.2, 0.25) is 0 Å². The zero-order chi connectivity index (χ0) is 30.0. The number of hydrogen-bond donors (Lipinski definition) is 4. The van der Waals surface area contributed by atoms with Gasteiger partial charge in [-0.25, -0.2) is 4.79 Å². The number of carbonyl (C=O) groups excluding carboxylic acids is 3. The van der Waals surface area contributed by atoms with E-state index in [0.29, 0.717) is 17.5 Å². The molecule has 3 unspecified atom stereocenters. The van der Waals surface area contributed by atoms with Crippen LogP contribution in [0.15, 0.2) is 42.5 Å². The number of phenolic OH excluding ortho intramolecular Hbond substituents is 2. The number of amides is 3. The molecule has 0 radical (unpaired) electrons. The number of nitriles is 1. The first kappa shape index (κ1) is 32.0. The number of ether oxygens (including phenoxy) is 1. The third kappa shape index (κ3) is 9.19. The molecule has 0 saturated carbocycles. The van der Waals surface area contributed by atoms with Crippen LogP contribution in [0.5, 0.6) is 11.5 Å². The summed E-state index contributed by atoms with van der Waals surface area (Å²) in [7, 11) is 0. The molecule has 4 N–H and O–H groups in total. The van der Waals surface area contributed by atoms with Crippen molar-refractivity contribution in [2.45, 2.75) is 84.5 Å². The van der Waals surface area contributed by atoms with Gasteiger partial charge in [-0.2, -0.15) is 5.26 Å². The van der Waals surface area contributed by atoms with Gasteiger partial charge in [0.2, 0.25) is 11.8 Å². The van der Waals surface area contributed by atoms with Gasteiger partial charge in [0.05, 0.1) is 6.07 Å². The Morgan fingerprint density at radius 3 is 2.30 bits per heavy atom. The summed E-state index contributed by atoms with van der Waals surface area (Å²) in [5, 5.41) is 35.8. The van der Waals surface area contributed by atoms with Crippen LogP contribution in [0.4, 0.5) is 4.79 Å². The highest BCUT2D eigenvalue weighted by Crippen LogP contribution is 2.32. The molecule has 3 amide bonds. The minimum Gasteiger partial charge on any atom is -0.508 e. The number of alkyl carbamates (subject to hydrolysis) is 1. The maximum absolute atomic E-state index is 14.1. The Hall–Kier alpha value is -4.26. The van der Waals surface area contributed by atoms with E-state index in [2.05, 4.69) is 10.6 Å². The zero-order valence-electron chi connectivity index (χ0n) is 24.0. The molecule has 10 heteroatoms. The highest BCUT2D eigenvalue weighted by atomic mass is 16.6. The summed E-state index contributed by atoms with van der Waals surface area (Å²) in [5.41, 5.74) is 0.424. The summed E-state index contributed by atoms with van der Waals surface area (Å²) < 4.78 is 5.38. The number of benzene rings is 2. The molecule has 0 saturated heterocycles. The molecule has 2 aromatic carbocycles. The highest BCUT2D eigenvalue weighted by molar-refractivity contribution is 5.93. The lowest BCUT2D eigenvalue weighted by molar-refractivity contribution is -0.142. The van der Waals surface area contributed by atoms with E-state index in [1.807, 2.05) is 19.9 Å². The first-order valence-corrected chi connectivity index (χ1v) is 13.3. The molecule has 0 aromatic heterocycles. The van der Waals surface area contributed by atoms with Crippen LogP contribution in [0.25, 0.3) is 0 Å². The summed E-state index contributed by atoms with van der Waals surface area (Å²) in [6.07, 6.45) is 0.642. The van der Waals surface area contributed by atoms with Crippen molar-refractivity contribution in [3.8, 4) is 17.6 Å². The topological polar surface area (TPSA) is 152 Å². The predicted molar refractivity (Wildman–Crippen MR) is 150 cm³/mol. The SMILES string of the molecule is CCCC(C)NC(=O)C(c1cccc(C)c1O)N(CC#N)C(=O)C(Cc1ccc(O)cc1)NC(=O)OC(C)(C)C. The minimum atomic E-state index is -1.35. The van der Waals surface area contributed by atoms with Crippen LogP contribution in [-0.4, -0.2) is 57.3 Å². The van der Waals surface area contributed by atoms with Crippen LogP contribution in [0.3, 0.4) is 0 Å². The molecule has 0 aliphatic heterocycles. The Labute approximate surface area is 235 Å². The van der Waals surface area contributed by atoms with Gasteiger partial charge in [0.25, 0.3) is 0 Å². The Morgan fingerprint density at radius 2 is 1.73 bits per heavy atom. The number of hydrogen-bond acceptors (Lipinski definition) is 7. The fraction of sp³-hybridized carbons (Fsp3) is 0.467. The number of aromatic hydroxyl groups is 2. The Bertz CT molecular complexity index is 1220. The zero-order valence-corrected chi connectivity index (χ0v) is 24.0. The van der Waals surface area contributed by atoms with Crippen molar-refractivity contribution in [3.05, 3.63) is 59.2 Å². The van der Waals surface area contributed by atoms with Crippen LogP contribution in [0, 0.1) is 18.3 Å². The van der Waals surface area contributed by atoms with Crippen molar-refractivity contribution in [2.75, 3.05) is 6.54 Å². The fourth-order valence-corrected chi connectivity index (χ4v) is 4.27. The number of rotatable bonds is 11. The fourth-order valence-electron chi connectivity index (χ4n) is 4.27. The Balaban J connectivity index is 2.59. The van der Waals surface area contributed by atoms with Gasteiger partial charge in [-0.1, -0.05) is 43.7 Å². The van der Waals surface area contributed by atoms with E-state index in [4.69, 9.17) is 4.74 Å². The molecule has 2 aromatic rings. The van der Waals surface area contributed by atoms with Crippen LogP contribution in [-0.2, 0) is 20.7 Å². The summed E-state index contributed by atoms with van der Waals surface area (Å²) in [4.78, 5) is 41.6. The maximum Gasteiger partial charge on any atom is 0.408 e. The summed E-state index contributed by atoms with van der Waals surface area (Å²) in [5.74, 6) is -1.42. The minimum absolute atomic E-state index is 0.0132. The van der Waals surface area contributed by atoms with Crippen LogP contribution < -0.4 is 10.6 Å². The van der Waals surface area contributed by atoms with Gasteiger partial charge >= 0.3 is 6.09 Å². The lowest BCUT2D eigenvalue weighted by Gasteiger charge is -2.34. The molecule has 0 bridgehead atoms. The van der Waals surface area contributed by atoms with Gasteiger partial charge in [-0.15, -0.1) is 0 Å². The molecule has 3 atom stereocenters. The summed E-state index contributed by atoms with van der Waals surface area (Å²) >= 11 is 0. The molecule has 0 aliphatic carbocycles. The average Bonchev–Trinajstić information content (AvgIpc) is 2.85. The van der Waals surface area contributed by atoms with Gasteiger partial charge in [-0.3, -0.25) is 9.59 Å². The first-order chi connectivity index (χ1) is 18.8. The van der Waals surface area contributed by atoms with Gasteiger partial charge in [0.1, 0.15) is 35.7 Å². The molecule has 216 valence electrons. The second kappa shape index (κ2) is 14.2. The van der Waals surface area contributed by atoms with Crippen LogP contribution in [0.1, 0.15) is 70.2 Å². The number of nitrogens with one attached hydrogen (secondary N) is 2. The van der Waals surface area contributed by atoms with Gasteiger partial charge in [0, 0.05) is 18.0 Å². The normalized spacial score (nSPS) is 13.3. The maximum atomic E-state index is 14.1. The second-order valence-electron chi connectivity index (χ2n) is 10.8. The summed E-state index contributed by atoms with van der Waals surface area (Å²) in [6.45, 7) is 10.0. The Kier molecular flexibility index (Phi) is 11.4. The van der Waals surface area contributed by atoms with Crippen molar-refractivity contribution in [1.82, 2.24) is 15.5 Å². The highest BCUT2D eigenvalue weighted by Gasteiger charge is 2.38. The van der Waals surface area contributed by atoms with E-state index < -0.39 is 42.1 Å². The lowest BCUT2D eigenvalue weighted by Crippen LogP contribution is -2.54. The van der Waals surface area contributed by atoms with Crippen molar-refractivity contribution >= 4 is 17.9 Å². The van der Waals surface area contributed by atoms with E-state index in [1.54, 1.807) is 52.0 Å². The summed E-state index contributed by atoms with van der Waals surface area (Å²) in [6, 6.07) is 10.1. The van der Waals surface area contributed by atoms with Gasteiger partial charge < -0.3 is 30.5 Å². The van der Waals surface area contributed by atoms with E-state index in [0.717, 1.165) is 11.3 Å². The number of aryl methyl sites for hydroxylation is 1. The molecule has 2 rings (SSSR count). The molecule has 10 nitrogen and oxygen atoms in total. The van der Waals surface area contributed by atoms with E-state index in [9.17, 15) is 29.9 Å². The van der Waals surface area contributed by atoms with E-state index in [1.165, 1.54) is 18.2 Å². The van der Waals surface area contributed by atoms with Crippen molar-refractivity contribution in [3.63, 3.8) is 0 Å². The third-order valence-electron chi connectivity index (χ3n) is 6.12. The number of phenols is 2. The monoisotopic (exact) mass is 552 g/mol. The molecule has 40 heavy (non-hydrogen) atoms. The number of carbonyl (C=O) groups is 3. The second-order valence-corrected chi connectivity index (χ2v) is 10.8. The standard InChI is InChI=1S/C30H40N4O6/c1-7-9-20(3)32-27(37)25(23-11-8-10-19(2)26(23)36)34(17-16-31)28(38)24(33-29(39)40-30(4,5)6)18-21-12-14-22(35)15-13-21/h8,10-15,20,24-25,35-36H,7,9,17-18H2,1-6H3,(H,32,37)(H,33,39). The number of para-hydroxylation sites is 1. The molecular weight excluding hydrogens is 512 g/mol. The van der Waals surface area contributed by atoms with Crippen molar-refractivity contribution < 1.29 is 29.3 Å². The smallest absolute Gasteiger partial charge is 0.408 e. The first-order valence-electron chi connectivity index (χ1n) is 13.3. The quantitative estimate of drug-likeness (QED) is 0.304. The Morgan fingerprint density at radius 1 is 1.07 bits per heavy atom. The van der Waals surface area contributed by atoms with Gasteiger partial charge in [0.15, 0.2) is 0 Å². The average molecular weight is 553 g/mol. The predicted octanol–water partition coefficient (Wildman–Crippen LogP) is 4.24. The third-order valence-corrected chi connectivity index (χ3v) is 6.12. The molecule has 0 heterocycles.